The Morgan fingerprint density at radius 3 is 2.26 bits per heavy atom. The highest BCUT2D eigenvalue weighted by molar-refractivity contribution is 7.92. The monoisotopic (exact) mass is 333 g/mol. The molecule has 0 unspecified atom stereocenters. The SMILES string of the molecule is CCOc1ccc(S(=O)(=O)Nc2ccc(C(C)C)cc2)cc1C. The normalized spacial score (nSPS) is 11.5. The predicted molar refractivity (Wildman–Crippen MR) is 93.7 cm³/mol. The molecule has 2 aromatic rings. The molecule has 0 fully saturated rings. The highest BCUT2D eigenvalue weighted by Gasteiger charge is 2.15. The molecule has 0 radical (unpaired) electrons. The van der Waals surface area contributed by atoms with Crippen molar-refractivity contribution in [2.45, 2.75) is 38.5 Å². The zero-order chi connectivity index (χ0) is 17.0. The lowest BCUT2D eigenvalue weighted by atomic mass is 10.0. The third-order valence-electron chi connectivity index (χ3n) is 3.59. The van der Waals surface area contributed by atoms with E-state index in [1.165, 1.54) is 5.56 Å². The van der Waals surface area contributed by atoms with E-state index in [2.05, 4.69) is 18.6 Å². The molecule has 2 aromatic carbocycles. The number of hydrogen-bond acceptors (Lipinski definition) is 3. The largest absolute Gasteiger partial charge is 0.494 e. The van der Waals surface area contributed by atoms with Gasteiger partial charge in [-0.05, 0) is 61.2 Å². The van der Waals surface area contributed by atoms with E-state index in [4.69, 9.17) is 4.74 Å². The average molecular weight is 333 g/mol. The Morgan fingerprint density at radius 2 is 1.74 bits per heavy atom. The van der Waals surface area contributed by atoms with Crippen molar-refractivity contribution in [2.75, 3.05) is 11.3 Å². The van der Waals surface area contributed by atoms with Gasteiger partial charge in [-0.25, -0.2) is 8.42 Å². The molecule has 0 heterocycles. The topological polar surface area (TPSA) is 55.4 Å². The Labute approximate surface area is 138 Å². The van der Waals surface area contributed by atoms with E-state index in [1.807, 2.05) is 26.0 Å². The van der Waals surface area contributed by atoms with Crippen molar-refractivity contribution in [3.05, 3.63) is 53.6 Å². The number of anilines is 1. The Kier molecular flexibility index (Phi) is 5.31. The molecular weight excluding hydrogens is 310 g/mol. The van der Waals surface area contributed by atoms with Gasteiger partial charge in [0.2, 0.25) is 0 Å². The van der Waals surface area contributed by atoms with Crippen molar-refractivity contribution in [1.82, 2.24) is 0 Å². The summed E-state index contributed by atoms with van der Waals surface area (Å²) in [5.41, 5.74) is 2.52. The zero-order valence-electron chi connectivity index (χ0n) is 14.0. The molecule has 4 nitrogen and oxygen atoms in total. The summed E-state index contributed by atoms with van der Waals surface area (Å²) in [6.45, 7) is 8.48. The van der Waals surface area contributed by atoms with Crippen LogP contribution in [0.3, 0.4) is 0 Å². The van der Waals surface area contributed by atoms with Crippen LogP contribution < -0.4 is 9.46 Å². The third kappa shape index (κ3) is 4.26. The molecule has 2 rings (SSSR count). The van der Waals surface area contributed by atoms with Gasteiger partial charge in [-0.1, -0.05) is 26.0 Å². The fourth-order valence-electron chi connectivity index (χ4n) is 2.26. The fourth-order valence-corrected chi connectivity index (χ4v) is 3.40. The molecular formula is C18H23NO3S. The lowest BCUT2D eigenvalue weighted by Crippen LogP contribution is -2.13. The predicted octanol–water partition coefficient (Wildman–Crippen LogP) is 4.32. The molecule has 0 spiro atoms. The molecule has 0 amide bonds. The molecule has 124 valence electrons. The van der Waals surface area contributed by atoms with E-state index in [9.17, 15) is 8.42 Å². The molecule has 0 atom stereocenters. The summed E-state index contributed by atoms with van der Waals surface area (Å²) < 4.78 is 33.0. The van der Waals surface area contributed by atoms with E-state index < -0.39 is 10.0 Å². The fraction of sp³-hybridized carbons (Fsp3) is 0.333. The second kappa shape index (κ2) is 7.04. The highest BCUT2D eigenvalue weighted by atomic mass is 32.2. The van der Waals surface area contributed by atoms with E-state index >= 15 is 0 Å². The lowest BCUT2D eigenvalue weighted by molar-refractivity contribution is 0.337. The Hall–Kier alpha value is -2.01. The van der Waals surface area contributed by atoms with Gasteiger partial charge in [0.1, 0.15) is 5.75 Å². The second-order valence-electron chi connectivity index (χ2n) is 5.74. The van der Waals surface area contributed by atoms with E-state index in [1.54, 1.807) is 30.3 Å². The molecule has 0 saturated carbocycles. The molecule has 0 saturated heterocycles. The van der Waals surface area contributed by atoms with Crippen LogP contribution in [0.1, 0.15) is 37.8 Å². The molecule has 0 aliphatic heterocycles. The summed E-state index contributed by atoms with van der Waals surface area (Å²) in [5, 5.41) is 0. The van der Waals surface area contributed by atoms with Crippen LogP contribution in [-0.4, -0.2) is 15.0 Å². The molecule has 23 heavy (non-hydrogen) atoms. The third-order valence-corrected chi connectivity index (χ3v) is 4.97. The van der Waals surface area contributed by atoms with Crippen molar-refractivity contribution in [3.8, 4) is 5.75 Å². The lowest BCUT2D eigenvalue weighted by Gasteiger charge is -2.12. The van der Waals surface area contributed by atoms with Gasteiger partial charge in [0.25, 0.3) is 10.0 Å². The van der Waals surface area contributed by atoms with Gasteiger partial charge in [-0.2, -0.15) is 0 Å². The quantitative estimate of drug-likeness (QED) is 0.856. The van der Waals surface area contributed by atoms with E-state index in [-0.39, 0.29) is 4.90 Å². The van der Waals surface area contributed by atoms with Crippen LogP contribution in [0.2, 0.25) is 0 Å². The molecule has 0 aromatic heterocycles. The Morgan fingerprint density at radius 1 is 1.09 bits per heavy atom. The summed E-state index contributed by atoms with van der Waals surface area (Å²) in [7, 11) is -3.61. The summed E-state index contributed by atoms with van der Waals surface area (Å²) in [4.78, 5) is 0.228. The maximum Gasteiger partial charge on any atom is 0.261 e. The number of benzene rings is 2. The van der Waals surface area contributed by atoms with Crippen LogP contribution in [-0.2, 0) is 10.0 Å². The molecule has 5 heteroatoms. The first-order chi connectivity index (χ1) is 10.8. The summed E-state index contributed by atoms with van der Waals surface area (Å²) >= 11 is 0. The molecule has 0 aliphatic carbocycles. The number of ether oxygens (including phenoxy) is 1. The number of nitrogens with one attached hydrogen (secondary N) is 1. The van der Waals surface area contributed by atoms with Crippen LogP contribution in [0.15, 0.2) is 47.4 Å². The van der Waals surface area contributed by atoms with Crippen molar-refractivity contribution >= 4 is 15.7 Å². The van der Waals surface area contributed by atoms with Crippen molar-refractivity contribution in [1.29, 1.82) is 0 Å². The van der Waals surface area contributed by atoms with Gasteiger partial charge < -0.3 is 4.74 Å². The summed E-state index contributed by atoms with van der Waals surface area (Å²) in [5.74, 6) is 1.11. The minimum atomic E-state index is -3.61. The number of aryl methyl sites for hydroxylation is 1. The van der Waals surface area contributed by atoms with Crippen molar-refractivity contribution in [3.63, 3.8) is 0 Å². The van der Waals surface area contributed by atoms with Gasteiger partial charge in [0.15, 0.2) is 0 Å². The number of hydrogen-bond donors (Lipinski definition) is 1. The first-order valence-electron chi connectivity index (χ1n) is 7.69. The molecule has 0 bridgehead atoms. The first kappa shape index (κ1) is 17.3. The van der Waals surface area contributed by atoms with Gasteiger partial charge in [0, 0.05) is 5.69 Å². The Bertz CT molecular complexity index is 765. The standard InChI is InChI=1S/C18H23NO3S/c1-5-22-18-11-10-17(12-14(18)4)23(20,21)19-16-8-6-15(7-9-16)13(2)3/h6-13,19H,5H2,1-4H3. The van der Waals surface area contributed by atoms with Crippen molar-refractivity contribution < 1.29 is 13.2 Å². The maximum atomic E-state index is 12.5. The average Bonchev–Trinajstić information content (AvgIpc) is 2.49. The number of rotatable bonds is 6. The van der Waals surface area contributed by atoms with Gasteiger partial charge >= 0.3 is 0 Å². The molecule has 1 N–H and O–H groups in total. The van der Waals surface area contributed by atoms with E-state index in [0.29, 0.717) is 24.0 Å². The van der Waals surface area contributed by atoms with Crippen LogP contribution in [0.4, 0.5) is 5.69 Å². The summed E-state index contributed by atoms with van der Waals surface area (Å²) in [6, 6.07) is 12.3. The van der Waals surface area contributed by atoms with Crippen LogP contribution in [0.5, 0.6) is 5.75 Å². The van der Waals surface area contributed by atoms with Crippen LogP contribution >= 0.6 is 0 Å². The van der Waals surface area contributed by atoms with Gasteiger partial charge in [0.05, 0.1) is 11.5 Å². The maximum absolute atomic E-state index is 12.5. The smallest absolute Gasteiger partial charge is 0.261 e. The van der Waals surface area contributed by atoms with Gasteiger partial charge in [-0.15, -0.1) is 0 Å². The van der Waals surface area contributed by atoms with Crippen LogP contribution in [0, 0.1) is 6.92 Å². The minimum absolute atomic E-state index is 0.228. The summed E-state index contributed by atoms with van der Waals surface area (Å²) in [6.07, 6.45) is 0. The number of sulfonamides is 1. The second-order valence-corrected chi connectivity index (χ2v) is 7.42. The molecule has 0 aliphatic rings. The first-order valence-corrected chi connectivity index (χ1v) is 9.18. The van der Waals surface area contributed by atoms with Crippen molar-refractivity contribution in [2.24, 2.45) is 0 Å². The van der Waals surface area contributed by atoms with Gasteiger partial charge in [-0.3, -0.25) is 4.72 Å². The van der Waals surface area contributed by atoms with E-state index in [0.717, 1.165) is 5.56 Å². The highest BCUT2D eigenvalue weighted by Crippen LogP contribution is 2.24. The van der Waals surface area contributed by atoms with Crippen LogP contribution in [0.25, 0.3) is 0 Å². The minimum Gasteiger partial charge on any atom is -0.494 e. The Balaban J connectivity index is 2.23. The zero-order valence-corrected chi connectivity index (χ0v) is 14.8.